The summed E-state index contributed by atoms with van der Waals surface area (Å²) < 4.78 is 35.5. The zero-order valence-corrected chi connectivity index (χ0v) is 6.39. The van der Waals surface area contributed by atoms with Gasteiger partial charge in [-0.15, -0.1) is 16.7 Å². The SMILES string of the molecule is FC(F)(F)c1ncc(CCl)nn1. The Bertz CT molecular complexity index is 258. The molecule has 0 aliphatic rings. The van der Waals surface area contributed by atoms with E-state index in [2.05, 4.69) is 15.2 Å². The van der Waals surface area contributed by atoms with Crippen molar-refractivity contribution in [3.05, 3.63) is 17.7 Å². The molecule has 3 nitrogen and oxygen atoms in total. The van der Waals surface area contributed by atoms with Gasteiger partial charge in [-0.25, -0.2) is 4.98 Å². The van der Waals surface area contributed by atoms with Gasteiger partial charge < -0.3 is 0 Å². The first-order valence-electron chi connectivity index (χ1n) is 2.86. The van der Waals surface area contributed by atoms with Gasteiger partial charge in [0.15, 0.2) is 0 Å². The van der Waals surface area contributed by atoms with Crippen molar-refractivity contribution < 1.29 is 13.2 Å². The van der Waals surface area contributed by atoms with E-state index in [-0.39, 0.29) is 11.6 Å². The predicted molar refractivity (Wildman–Crippen MR) is 34.4 cm³/mol. The van der Waals surface area contributed by atoms with E-state index >= 15 is 0 Å². The molecule has 0 aliphatic heterocycles. The third-order valence-electron chi connectivity index (χ3n) is 0.999. The Morgan fingerprint density at radius 1 is 1.33 bits per heavy atom. The molecule has 7 heteroatoms. The molecule has 0 unspecified atom stereocenters. The molecule has 66 valence electrons. The lowest BCUT2D eigenvalue weighted by Gasteiger charge is -2.02. The number of halogens is 4. The van der Waals surface area contributed by atoms with Crippen LogP contribution in [0.25, 0.3) is 0 Å². The molecule has 1 heterocycles. The van der Waals surface area contributed by atoms with Crippen molar-refractivity contribution in [1.82, 2.24) is 15.2 Å². The first kappa shape index (κ1) is 9.18. The van der Waals surface area contributed by atoms with Crippen LogP contribution in [0.1, 0.15) is 11.5 Å². The van der Waals surface area contributed by atoms with Crippen LogP contribution in [0, 0.1) is 0 Å². The average Bonchev–Trinajstić information content (AvgIpc) is 2.03. The minimum atomic E-state index is -4.54. The molecular weight excluding hydrogens is 195 g/mol. The number of hydrogen-bond acceptors (Lipinski definition) is 3. The van der Waals surface area contributed by atoms with Crippen LogP contribution in [-0.4, -0.2) is 15.2 Å². The highest BCUT2D eigenvalue weighted by Crippen LogP contribution is 2.24. The molecule has 1 rings (SSSR count). The third kappa shape index (κ3) is 2.04. The molecule has 0 saturated carbocycles. The summed E-state index contributed by atoms with van der Waals surface area (Å²) in [7, 11) is 0. The smallest absolute Gasteiger partial charge is 0.229 e. The van der Waals surface area contributed by atoms with Gasteiger partial charge in [0.25, 0.3) is 5.82 Å². The molecule has 0 atom stereocenters. The Morgan fingerprint density at radius 2 is 2.00 bits per heavy atom. The van der Waals surface area contributed by atoms with Gasteiger partial charge in [-0.05, 0) is 0 Å². The lowest BCUT2D eigenvalue weighted by Crippen LogP contribution is -2.12. The number of nitrogens with zero attached hydrogens (tertiary/aromatic N) is 3. The lowest BCUT2D eigenvalue weighted by molar-refractivity contribution is -0.145. The molecule has 0 amide bonds. The molecule has 0 N–H and O–H groups in total. The van der Waals surface area contributed by atoms with Crippen LogP contribution in [-0.2, 0) is 12.1 Å². The second-order valence-corrected chi connectivity index (χ2v) is 2.17. The fourth-order valence-corrected chi connectivity index (χ4v) is 0.612. The van der Waals surface area contributed by atoms with Gasteiger partial charge >= 0.3 is 6.18 Å². The molecule has 0 aromatic carbocycles. The quantitative estimate of drug-likeness (QED) is 0.643. The number of rotatable bonds is 1. The van der Waals surface area contributed by atoms with Crippen molar-refractivity contribution in [2.45, 2.75) is 12.1 Å². The summed E-state index contributed by atoms with van der Waals surface area (Å²) in [5.74, 6) is -1.26. The molecule has 0 spiro atoms. The topological polar surface area (TPSA) is 38.7 Å². The Balaban J connectivity index is 2.93. The van der Waals surface area contributed by atoms with Gasteiger partial charge in [0.1, 0.15) is 0 Å². The van der Waals surface area contributed by atoms with Crippen LogP contribution in [0.5, 0.6) is 0 Å². The number of alkyl halides is 4. The summed E-state index contributed by atoms with van der Waals surface area (Å²) >= 11 is 5.27. The Hall–Kier alpha value is -0.910. The van der Waals surface area contributed by atoms with Crippen molar-refractivity contribution in [2.24, 2.45) is 0 Å². The Labute approximate surface area is 70.6 Å². The molecule has 1 aromatic heterocycles. The minimum absolute atomic E-state index is 0.00185. The Kier molecular flexibility index (Phi) is 2.46. The minimum Gasteiger partial charge on any atom is -0.229 e. The van der Waals surface area contributed by atoms with Gasteiger partial charge in [0.2, 0.25) is 0 Å². The summed E-state index contributed by atoms with van der Waals surface area (Å²) in [6.45, 7) is 0. The summed E-state index contributed by atoms with van der Waals surface area (Å²) in [4.78, 5) is 3.04. The molecule has 0 aliphatic carbocycles. The van der Waals surface area contributed by atoms with E-state index in [1.54, 1.807) is 0 Å². The van der Waals surface area contributed by atoms with Crippen molar-refractivity contribution in [1.29, 1.82) is 0 Å². The van der Waals surface area contributed by atoms with E-state index in [0.717, 1.165) is 6.20 Å². The van der Waals surface area contributed by atoms with E-state index < -0.39 is 12.0 Å². The largest absolute Gasteiger partial charge is 0.453 e. The maximum Gasteiger partial charge on any atom is 0.453 e. The summed E-state index contributed by atoms with van der Waals surface area (Å²) in [5, 5.41) is 6.05. The molecule has 0 radical (unpaired) electrons. The van der Waals surface area contributed by atoms with Crippen LogP contribution in [0.2, 0.25) is 0 Å². The predicted octanol–water partition coefficient (Wildman–Crippen LogP) is 1.63. The zero-order chi connectivity index (χ0) is 9.19. The van der Waals surface area contributed by atoms with Crippen LogP contribution in [0.15, 0.2) is 6.20 Å². The van der Waals surface area contributed by atoms with Crippen LogP contribution in [0.4, 0.5) is 13.2 Å². The van der Waals surface area contributed by atoms with Gasteiger partial charge in [-0.2, -0.15) is 18.3 Å². The fraction of sp³-hybridized carbons (Fsp3) is 0.400. The standard InChI is InChI=1S/C5H3ClF3N3/c6-1-3-2-10-4(12-11-3)5(7,8)9/h2H,1H2. The highest BCUT2D eigenvalue weighted by atomic mass is 35.5. The van der Waals surface area contributed by atoms with Gasteiger partial charge in [0.05, 0.1) is 17.8 Å². The van der Waals surface area contributed by atoms with Crippen molar-refractivity contribution in [3.8, 4) is 0 Å². The first-order chi connectivity index (χ1) is 5.54. The molecule has 0 fully saturated rings. The monoisotopic (exact) mass is 197 g/mol. The summed E-state index contributed by atoms with van der Waals surface area (Å²) in [6, 6.07) is 0. The number of hydrogen-bond donors (Lipinski definition) is 0. The van der Waals surface area contributed by atoms with Crippen molar-refractivity contribution >= 4 is 11.6 Å². The van der Waals surface area contributed by atoms with Crippen molar-refractivity contribution in [2.75, 3.05) is 0 Å². The molecule has 0 bridgehead atoms. The van der Waals surface area contributed by atoms with Crippen LogP contribution in [0.3, 0.4) is 0 Å². The van der Waals surface area contributed by atoms with E-state index in [1.807, 2.05) is 0 Å². The van der Waals surface area contributed by atoms with Crippen molar-refractivity contribution in [3.63, 3.8) is 0 Å². The normalized spacial score (nSPS) is 11.7. The molecule has 0 saturated heterocycles. The van der Waals surface area contributed by atoms with Gasteiger partial charge in [-0.3, -0.25) is 0 Å². The average molecular weight is 198 g/mol. The van der Waals surface area contributed by atoms with E-state index in [9.17, 15) is 13.2 Å². The fourth-order valence-electron chi connectivity index (χ4n) is 0.490. The highest BCUT2D eigenvalue weighted by molar-refractivity contribution is 6.16. The molecule has 12 heavy (non-hydrogen) atoms. The third-order valence-corrected chi connectivity index (χ3v) is 1.27. The first-order valence-corrected chi connectivity index (χ1v) is 3.39. The molecule has 1 aromatic rings. The van der Waals surface area contributed by atoms with Crippen LogP contribution >= 0.6 is 11.6 Å². The van der Waals surface area contributed by atoms with Gasteiger partial charge in [0, 0.05) is 0 Å². The van der Waals surface area contributed by atoms with Gasteiger partial charge in [-0.1, -0.05) is 0 Å². The highest BCUT2D eigenvalue weighted by Gasteiger charge is 2.34. The summed E-state index contributed by atoms with van der Waals surface area (Å²) in [6.07, 6.45) is -3.60. The van der Waals surface area contributed by atoms with E-state index in [4.69, 9.17) is 11.6 Å². The van der Waals surface area contributed by atoms with E-state index in [1.165, 1.54) is 0 Å². The van der Waals surface area contributed by atoms with E-state index in [0.29, 0.717) is 0 Å². The lowest BCUT2D eigenvalue weighted by atomic mass is 10.5. The maximum absolute atomic E-state index is 11.8. The number of aromatic nitrogens is 3. The second kappa shape index (κ2) is 3.22. The van der Waals surface area contributed by atoms with Crippen LogP contribution < -0.4 is 0 Å². The Morgan fingerprint density at radius 3 is 2.33 bits per heavy atom. The second-order valence-electron chi connectivity index (χ2n) is 1.90. The maximum atomic E-state index is 11.8. The summed E-state index contributed by atoms with van der Waals surface area (Å²) in [5.41, 5.74) is 0.213. The zero-order valence-electron chi connectivity index (χ0n) is 5.64. The molecular formula is C5H3ClF3N3.